The van der Waals surface area contributed by atoms with E-state index in [0.29, 0.717) is 0 Å². The molecule has 2 N–H and O–H groups in total. The van der Waals surface area contributed by atoms with Crippen LogP contribution in [0, 0.1) is 18.6 Å². The Kier molecular flexibility index (Phi) is 3.24. The molecule has 1 unspecified atom stereocenters. The fraction of sp³-hybridized carbons (Fsp3) is 0.300. The van der Waals surface area contributed by atoms with Gasteiger partial charge in [-0.25, -0.2) is 8.78 Å². The molecule has 0 spiro atoms. The normalized spacial score (nSPS) is 12.3. The van der Waals surface area contributed by atoms with Gasteiger partial charge in [0, 0.05) is 6.07 Å². The van der Waals surface area contributed by atoms with Crippen molar-refractivity contribution in [2.24, 2.45) is 0 Å². The average Bonchev–Trinajstić information content (AvgIpc) is 2.13. The van der Waals surface area contributed by atoms with Gasteiger partial charge >= 0.3 is 5.97 Å². The molecular weight excluding hydrogens is 204 g/mol. The number of halogens is 2. The Morgan fingerprint density at radius 2 is 2.00 bits per heavy atom. The summed E-state index contributed by atoms with van der Waals surface area (Å²) < 4.78 is 26.3. The van der Waals surface area contributed by atoms with Crippen molar-refractivity contribution in [2.45, 2.75) is 19.9 Å². The minimum absolute atomic E-state index is 0.145. The topological polar surface area (TPSA) is 49.3 Å². The third-order valence-electron chi connectivity index (χ3n) is 1.99. The van der Waals surface area contributed by atoms with Gasteiger partial charge in [0.05, 0.1) is 5.69 Å². The van der Waals surface area contributed by atoms with E-state index in [4.69, 9.17) is 5.11 Å². The number of carboxylic acids is 1. The maximum absolute atomic E-state index is 13.2. The summed E-state index contributed by atoms with van der Waals surface area (Å²) in [5, 5.41) is 10.9. The molecule has 0 bridgehead atoms. The van der Waals surface area contributed by atoms with Crippen LogP contribution in [-0.4, -0.2) is 17.1 Å². The molecule has 1 atom stereocenters. The molecule has 0 aliphatic carbocycles. The van der Waals surface area contributed by atoms with E-state index < -0.39 is 23.6 Å². The number of benzene rings is 1. The van der Waals surface area contributed by atoms with Gasteiger partial charge in [-0.1, -0.05) is 0 Å². The minimum Gasteiger partial charge on any atom is -0.480 e. The van der Waals surface area contributed by atoms with Crippen molar-refractivity contribution in [1.29, 1.82) is 0 Å². The van der Waals surface area contributed by atoms with Gasteiger partial charge in [0.2, 0.25) is 0 Å². The summed E-state index contributed by atoms with van der Waals surface area (Å²) in [5.41, 5.74) is 0.0361. The first kappa shape index (κ1) is 11.4. The van der Waals surface area contributed by atoms with Crippen LogP contribution in [0.25, 0.3) is 0 Å². The van der Waals surface area contributed by atoms with Gasteiger partial charge in [0.15, 0.2) is 0 Å². The molecule has 0 heterocycles. The first-order valence-electron chi connectivity index (χ1n) is 4.37. The third kappa shape index (κ3) is 2.65. The summed E-state index contributed by atoms with van der Waals surface area (Å²) >= 11 is 0. The van der Waals surface area contributed by atoms with Crippen LogP contribution < -0.4 is 5.32 Å². The molecule has 1 aromatic rings. The molecule has 0 aliphatic rings. The van der Waals surface area contributed by atoms with Gasteiger partial charge in [0.1, 0.15) is 17.7 Å². The second kappa shape index (κ2) is 4.25. The maximum Gasteiger partial charge on any atom is 0.325 e. The fourth-order valence-electron chi connectivity index (χ4n) is 1.05. The second-order valence-electron chi connectivity index (χ2n) is 3.29. The molecule has 1 aromatic carbocycles. The number of hydrogen-bond donors (Lipinski definition) is 2. The zero-order valence-electron chi connectivity index (χ0n) is 8.34. The molecule has 0 radical (unpaired) electrons. The molecule has 0 aliphatic heterocycles. The molecule has 0 saturated carbocycles. The summed E-state index contributed by atoms with van der Waals surface area (Å²) in [6.07, 6.45) is 0. The Morgan fingerprint density at radius 3 is 2.53 bits per heavy atom. The van der Waals surface area contributed by atoms with E-state index in [0.717, 1.165) is 12.1 Å². The van der Waals surface area contributed by atoms with Crippen LogP contribution in [-0.2, 0) is 4.79 Å². The first-order chi connectivity index (χ1) is 6.91. The van der Waals surface area contributed by atoms with Crippen LogP contribution in [0.1, 0.15) is 12.5 Å². The molecule has 3 nitrogen and oxygen atoms in total. The van der Waals surface area contributed by atoms with Crippen molar-refractivity contribution in [3.63, 3.8) is 0 Å². The lowest BCUT2D eigenvalue weighted by atomic mass is 10.2. The lowest BCUT2D eigenvalue weighted by molar-refractivity contribution is -0.137. The van der Waals surface area contributed by atoms with Gasteiger partial charge in [-0.2, -0.15) is 0 Å². The number of hydrogen-bond acceptors (Lipinski definition) is 2. The number of carbonyl (C=O) groups is 1. The SMILES string of the molecule is Cc1cc(F)c(NC(C)C(=O)O)cc1F. The van der Waals surface area contributed by atoms with E-state index in [1.165, 1.54) is 13.8 Å². The molecule has 82 valence electrons. The minimum atomic E-state index is -1.13. The maximum atomic E-state index is 13.2. The zero-order valence-corrected chi connectivity index (χ0v) is 8.34. The molecule has 1 rings (SSSR count). The summed E-state index contributed by atoms with van der Waals surface area (Å²) in [6, 6.07) is 0.998. The van der Waals surface area contributed by atoms with Gasteiger partial charge in [-0.05, 0) is 25.5 Å². The number of rotatable bonds is 3. The average molecular weight is 215 g/mol. The molecular formula is C10H11F2NO2. The second-order valence-corrected chi connectivity index (χ2v) is 3.29. The van der Waals surface area contributed by atoms with Crippen molar-refractivity contribution in [3.05, 3.63) is 29.3 Å². The third-order valence-corrected chi connectivity index (χ3v) is 1.99. The number of nitrogens with one attached hydrogen (secondary N) is 1. The van der Waals surface area contributed by atoms with E-state index in [2.05, 4.69) is 5.32 Å². The Bertz CT molecular complexity index is 393. The van der Waals surface area contributed by atoms with E-state index in [1.54, 1.807) is 0 Å². The van der Waals surface area contributed by atoms with Crippen LogP contribution in [0.3, 0.4) is 0 Å². The Hall–Kier alpha value is -1.65. The van der Waals surface area contributed by atoms with E-state index >= 15 is 0 Å². The van der Waals surface area contributed by atoms with Crippen LogP contribution in [0.5, 0.6) is 0 Å². The highest BCUT2D eigenvalue weighted by Crippen LogP contribution is 2.19. The van der Waals surface area contributed by atoms with Gasteiger partial charge in [-0.15, -0.1) is 0 Å². The van der Waals surface area contributed by atoms with Gasteiger partial charge in [0.25, 0.3) is 0 Å². The summed E-state index contributed by atoms with van der Waals surface area (Å²) in [6.45, 7) is 2.78. The number of aryl methyl sites for hydroxylation is 1. The van der Waals surface area contributed by atoms with Gasteiger partial charge in [-0.3, -0.25) is 4.79 Å². The summed E-state index contributed by atoms with van der Waals surface area (Å²) in [5.74, 6) is -2.37. The zero-order chi connectivity index (χ0) is 11.6. The Balaban J connectivity index is 2.95. The molecule has 0 saturated heterocycles. The highest BCUT2D eigenvalue weighted by atomic mass is 19.1. The number of anilines is 1. The standard InChI is InChI=1S/C10H11F2NO2/c1-5-3-8(12)9(4-7(5)11)13-6(2)10(14)15/h3-4,6,13H,1-2H3,(H,14,15). The van der Waals surface area contributed by atoms with Crippen LogP contribution >= 0.6 is 0 Å². The molecule has 15 heavy (non-hydrogen) atoms. The van der Waals surface area contributed by atoms with Gasteiger partial charge < -0.3 is 10.4 Å². The predicted octanol–water partition coefficient (Wildman–Crippen LogP) is 2.16. The predicted molar refractivity (Wildman–Crippen MR) is 51.8 cm³/mol. The van der Waals surface area contributed by atoms with Crippen LogP contribution in [0.2, 0.25) is 0 Å². The highest BCUT2D eigenvalue weighted by molar-refractivity contribution is 5.76. The lowest BCUT2D eigenvalue weighted by Crippen LogP contribution is -2.26. The monoisotopic (exact) mass is 215 g/mol. The Morgan fingerprint density at radius 1 is 1.40 bits per heavy atom. The van der Waals surface area contributed by atoms with Crippen molar-refractivity contribution in [2.75, 3.05) is 5.32 Å². The molecule has 5 heteroatoms. The van der Waals surface area contributed by atoms with Crippen LogP contribution in [0.4, 0.5) is 14.5 Å². The van der Waals surface area contributed by atoms with Crippen molar-refractivity contribution in [3.8, 4) is 0 Å². The summed E-state index contributed by atoms with van der Waals surface area (Å²) in [7, 11) is 0. The van der Waals surface area contributed by atoms with E-state index in [1.807, 2.05) is 0 Å². The lowest BCUT2D eigenvalue weighted by Gasteiger charge is -2.12. The number of carboxylic acid groups (broad SMARTS) is 1. The fourth-order valence-corrected chi connectivity index (χ4v) is 1.05. The van der Waals surface area contributed by atoms with Crippen molar-refractivity contribution < 1.29 is 18.7 Å². The highest BCUT2D eigenvalue weighted by Gasteiger charge is 2.14. The van der Waals surface area contributed by atoms with E-state index in [9.17, 15) is 13.6 Å². The first-order valence-corrected chi connectivity index (χ1v) is 4.37. The summed E-state index contributed by atoms with van der Waals surface area (Å²) in [4.78, 5) is 10.5. The smallest absolute Gasteiger partial charge is 0.325 e. The van der Waals surface area contributed by atoms with Crippen LogP contribution in [0.15, 0.2) is 12.1 Å². The largest absolute Gasteiger partial charge is 0.480 e. The molecule has 0 aromatic heterocycles. The quantitative estimate of drug-likeness (QED) is 0.812. The molecule has 0 fully saturated rings. The Labute approximate surface area is 85.7 Å². The molecule has 0 amide bonds. The van der Waals surface area contributed by atoms with E-state index in [-0.39, 0.29) is 11.3 Å². The van der Waals surface area contributed by atoms with Crippen molar-refractivity contribution in [1.82, 2.24) is 0 Å². The number of aliphatic carboxylic acids is 1. The van der Waals surface area contributed by atoms with Crippen molar-refractivity contribution >= 4 is 11.7 Å².